The number of ether oxygens (including phenoxy) is 2. The summed E-state index contributed by atoms with van der Waals surface area (Å²) in [5.74, 6) is -0.302. The zero-order valence-electron chi connectivity index (χ0n) is 13.8. The predicted octanol–water partition coefficient (Wildman–Crippen LogP) is 3.53. The van der Waals surface area contributed by atoms with Gasteiger partial charge in [0.1, 0.15) is 6.73 Å². The third kappa shape index (κ3) is 4.41. The van der Waals surface area contributed by atoms with Crippen molar-refractivity contribution in [3.8, 4) is 0 Å². The van der Waals surface area contributed by atoms with Gasteiger partial charge in [0.2, 0.25) is 0 Å². The van der Waals surface area contributed by atoms with Crippen molar-refractivity contribution in [3.63, 3.8) is 0 Å². The smallest absolute Gasteiger partial charge is 0.338 e. The first kappa shape index (κ1) is 16.7. The van der Waals surface area contributed by atoms with Crippen LogP contribution in [0.2, 0.25) is 25.7 Å². The summed E-state index contributed by atoms with van der Waals surface area (Å²) in [7, 11) is -1.07. The lowest BCUT2D eigenvalue weighted by atomic mass is 10.1. The van der Waals surface area contributed by atoms with E-state index in [1.165, 1.54) is 0 Å². The minimum absolute atomic E-state index is 0.302. The molecule has 1 heterocycles. The van der Waals surface area contributed by atoms with Gasteiger partial charge in [-0.05, 0) is 31.2 Å². The van der Waals surface area contributed by atoms with Gasteiger partial charge >= 0.3 is 5.97 Å². The summed E-state index contributed by atoms with van der Waals surface area (Å²) in [6.45, 7) is 10.4. The van der Waals surface area contributed by atoms with Crippen LogP contribution in [0, 0.1) is 0 Å². The number of carbonyl (C=O) groups is 1. The zero-order chi connectivity index (χ0) is 16.2. The summed E-state index contributed by atoms with van der Waals surface area (Å²) >= 11 is 0. The second-order valence-electron chi connectivity index (χ2n) is 6.49. The van der Waals surface area contributed by atoms with E-state index in [9.17, 15) is 4.79 Å². The summed E-state index contributed by atoms with van der Waals surface area (Å²) in [6.07, 6.45) is 1.75. The van der Waals surface area contributed by atoms with Crippen molar-refractivity contribution in [2.75, 3.05) is 13.2 Å². The maximum absolute atomic E-state index is 11.7. The highest BCUT2D eigenvalue weighted by Crippen LogP contribution is 2.17. The molecule has 0 amide bonds. The first-order valence-electron chi connectivity index (χ1n) is 7.61. The van der Waals surface area contributed by atoms with Gasteiger partial charge in [-0.25, -0.2) is 9.48 Å². The van der Waals surface area contributed by atoms with E-state index in [0.717, 1.165) is 23.6 Å². The van der Waals surface area contributed by atoms with Crippen LogP contribution in [-0.4, -0.2) is 37.0 Å². The van der Waals surface area contributed by atoms with E-state index in [2.05, 4.69) is 24.7 Å². The lowest BCUT2D eigenvalue weighted by Gasteiger charge is -2.15. The van der Waals surface area contributed by atoms with Gasteiger partial charge in [-0.15, -0.1) is 0 Å². The third-order valence-electron chi connectivity index (χ3n) is 3.36. The number of hydrogen-bond donors (Lipinski definition) is 0. The molecule has 0 aliphatic rings. The van der Waals surface area contributed by atoms with Gasteiger partial charge in [-0.1, -0.05) is 19.6 Å². The molecule has 0 bridgehead atoms. The number of aromatic nitrogens is 2. The monoisotopic (exact) mass is 320 g/mol. The molecule has 0 atom stereocenters. The van der Waals surface area contributed by atoms with Crippen molar-refractivity contribution in [3.05, 3.63) is 30.0 Å². The Labute approximate surface area is 132 Å². The lowest BCUT2D eigenvalue weighted by molar-refractivity contribution is 0.0526. The van der Waals surface area contributed by atoms with E-state index in [-0.39, 0.29) is 5.97 Å². The fourth-order valence-corrected chi connectivity index (χ4v) is 2.82. The molecule has 1 aromatic heterocycles. The number of carbonyl (C=O) groups excluding carboxylic acids is 1. The summed E-state index contributed by atoms with van der Waals surface area (Å²) < 4.78 is 12.5. The Morgan fingerprint density at radius 2 is 2.09 bits per heavy atom. The molecular formula is C16H24N2O3Si. The van der Waals surface area contributed by atoms with Gasteiger partial charge in [-0.2, -0.15) is 5.10 Å². The first-order chi connectivity index (χ1) is 10.4. The van der Waals surface area contributed by atoms with Crippen LogP contribution in [0.3, 0.4) is 0 Å². The molecule has 1 aromatic carbocycles. The number of rotatable bonds is 7. The molecule has 2 aromatic rings. The summed E-state index contributed by atoms with van der Waals surface area (Å²) in [6, 6.07) is 6.59. The molecule has 0 spiro atoms. The third-order valence-corrected chi connectivity index (χ3v) is 5.07. The minimum Gasteiger partial charge on any atom is -0.462 e. The fourth-order valence-electron chi connectivity index (χ4n) is 2.06. The summed E-state index contributed by atoms with van der Waals surface area (Å²) in [5.41, 5.74) is 1.51. The Balaban J connectivity index is 2.02. The SMILES string of the molecule is CCOC(=O)c1ccc2c(cnn2COCC[Si](C)(C)C)c1. The van der Waals surface area contributed by atoms with Crippen molar-refractivity contribution >= 4 is 24.9 Å². The van der Waals surface area contributed by atoms with Crippen molar-refractivity contribution in [2.24, 2.45) is 0 Å². The van der Waals surface area contributed by atoms with Gasteiger partial charge in [0.05, 0.1) is 23.9 Å². The summed E-state index contributed by atoms with van der Waals surface area (Å²) in [5, 5.41) is 5.24. The van der Waals surface area contributed by atoms with Crippen molar-refractivity contribution in [1.29, 1.82) is 0 Å². The molecule has 2 rings (SSSR count). The highest BCUT2D eigenvalue weighted by molar-refractivity contribution is 6.76. The molecule has 120 valence electrons. The largest absolute Gasteiger partial charge is 0.462 e. The van der Waals surface area contributed by atoms with E-state index in [0.29, 0.717) is 18.9 Å². The Bertz CT molecular complexity index is 646. The van der Waals surface area contributed by atoms with Crippen LogP contribution in [0.5, 0.6) is 0 Å². The van der Waals surface area contributed by atoms with Crippen molar-refractivity contribution in [1.82, 2.24) is 9.78 Å². The first-order valence-corrected chi connectivity index (χ1v) is 11.3. The molecular weight excluding hydrogens is 296 g/mol. The number of benzene rings is 1. The van der Waals surface area contributed by atoms with E-state index in [1.807, 2.05) is 10.7 Å². The van der Waals surface area contributed by atoms with Crippen LogP contribution in [0.4, 0.5) is 0 Å². The van der Waals surface area contributed by atoms with E-state index < -0.39 is 8.07 Å². The summed E-state index contributed by atoms with van der Waals surface area (Å²) in [4.78, 5) is 11.7. The Hall–Kier alpha value is -1.66. The van der Waals surface area contributed by atoms with Crippen LogP contribution < -0.4 is 0 Å². The molecule has 0 unspecified atom stereocenters. The number of hydrogen-bond acceptors (Lipinski definition) is 4. The van der Waals surface area contributed by atoms with Crippen LogP contribution in [-0.2, 0) is 16.2 Å². The van der Waals surface area contributed by atoms with E-state index in [4.69, 9.17) is 9.47 Å². The molecule has 0 saturated heterocycles. The normalized spacial score (nSPS) is 11.8. The maximum atomic E-state index is 11.7. The second-order valence-corrected chi connectivity index (χ2v) is 12.1. The molecule has 5 nitrogen and oxygen atoms in total. The van der Waals surface area contributed by atoms with Crippen LogP contribution in [0.15, 0.2) is 24.4 Å². The quantitative estimate of drug-likeness (QED) is 0.445. The standard InChI is InChI=1S/C16H24N2O3Si/c1-5-21-16(19)13-6-7-15-14(10-13)11-17-18(15)12-20-8-9-22(2,3)4/h6-7,10-11H,5,8-9,12H2,1-4H3. The predicted molar refractivity (Wildman–Crippen MR) is 89.8 cm³/mol. The number of fused-ring (bicyclic) bond motifs is 1. The van der Waals surface area contributed by atoms with Gasteiger partial charge in [-0.3, -0.25) is 0 Å². The average molecular weight is 320 g/mol. The molecule has 0 saturated carbocycles. The second kappa shape index (κ2) is 7.06. The molecule has 22 heavy (non-hydrogen) atoms. The maximum Gasteiger partial charge on any atom is 0.338 e. The molecule has 6 heteroatoms. The van der Waals surface area contributed by atoms with Gasteiger partial charge in [0, 0.05) is 20.1 Å². The molecule has 0 fully saturated rings. The number of esters is 1. The van der Waals surface area contributed by atoms with E-state index >= 15 is 0 Å². The van der Waals surface area contributed by atoms with Crippen LogP contribution >= 0.6 is 0 Å². The minimum atomic E-state index is -1.07. The van der Waals surface area contributed by atoms with Crippen molar-refractivity contribution in [2.45, 2.75) is 39.3 Å². The Kier molecular flexibility index (Phi) is 5.36. The topological polar surface area (TPSA) is 53.3 Å². The van der Waals surface area contributed by atoms with Gasteiger partial charge < -0.3 is 9.47 Å². The Morgan fingerprint density at radius 3 is 2.77 bits per heavy atom. The highest BCUT2D eigenvalue weighted by Gasteiger charge is 2.13. The molecule has 0 N–H and O–H groups in total. The molecule has 0 radical (unpaired) electrons. The van der Waals surface area contributed by atoms with Crippen molar-refractivity contribution < 1.29 is 14.3 Å². The average Bonchev–Trinajstić information content (AvgIpc) is 2.85. The highest BCUT2D eigenvalue weighted by atomic mass is 28.3. The van der Waals surface area contributed by atoms with E-state index in [1.54, 1.807) is 25.3 Å². The van der Waals surface area contributed by atoms with Crippen LogP contribution in [0.25, 0.3) is 10.9 Å². The molecule has 0 aliphatic heterocycles. The fraction of sp³-hybridized carbons (Fsp3) is 0.500. The Morgan fingerprint density at radius 1 is 1.32 bits per heavy atom. The molecule has 0 aliphatic carbocycles. The zero-order valence-corrected chi connectivity index (χ0v) is 14.8. The number of nitrogens with zero attached hydrogens (tertiary/aromatic N) is 2. The van der Waals surface area contributed by atoms with Crippen LogP contribution in [0.1, 0.15) is 17.3 Å². The lowest BCUT2D eigenvalue weighted by Crippen LogP contribution is -2.22. The van der Waals surface area contributed by atoms with Gasteiger partial charge in [0.25, 0.3) is 0 Å². The van der Waals surface area contributed by atoms with Gasteiger partial charge in [0.15, 0.2) is 0 Å².